The Morgan fingerprint density at radius 2 is 1.88 bits per heavy atom. The van der Waals surface area contributed by atoms with Crippen molar-refractivity contribution in [1.82, 2.24) is 4.90 Å². The average Bonchev–Trinajstić information content (AvgIpc) is 2.55. The summed E-state index contributed by atoms with van der Waals surface area (Å²) in [6, 6.07) is 8.52. The third-order valence-electron chi connectivity index (χ3n) is 3.97. The van der Waals surface area contributed by atoms with Gasteiger partial charge in [0.05, 0.1) is 0 Å². The Kier molecular flexibility index (Phi) is 9.86. The van der Waals surface area contributed by atoms with Gasteiger partial charge in [-0.15, -0.1) is 6.58 Å². The fourth-order valence-electron chi connectivity index (χ4n) is 2.44. The second-order valence-corrected chi connectivity index (χ2v) is 6.62. The largest absolute Gasteiger partial charge is 0.490 e. The van der Waals surface area contributed by atoms with Crippen LogP contribution in [0, 0.1) is 0 Å². The monoisotopic (exact) mass is 327 g/mol. The molecular formula is C22H33NO. The van der Waals surface area contributed by atoms with Gasteiger partial charge in [-0.25, -0.2) is 0 Å². The molecule has 1 rings (SSSR count). The van der Waals surface area contributed by atoms with Gasteiger partial charge in [-0.05, 0) is 57.4 Å². The maximum Gasteiger partial charge on any atom is 0.119 e. The number of rotatable bonds is 11. The van der Waals surface area contributed by atoms with E-state index in [1.807, 2.05) is 6.08 Å². The molecule has 0 aliphatic rings. The zero-order valence-electron chi connectivity index (χ0n) is 15.8. The van der Waals surface area contributed by atoms with Crippen LogP contribution in [0.3, 0.4) is 0 Å². The lowest BCUT2D eigenvalue weighted by Crippen LogP contribution is -2.17. The minimum Gasteiger partial charge on any atom is -0.490 e. The molecule has 0 aromatic heterocycles. The first kappa shape index (κ1) is 20.2. The summed E-state index contributed by atoms with van der Waals surface area (Å²) in [5, 5.41) is 0. The van der Waals surface area contributed by atoms with Crippen LogP contribution in [-0.4, -0.2) is 31.6 Å². The number of likely N-dealkylation sites (N-methyl/N-ethyl adjacent to an activating group) is 1. The molecule has 0 aliphatic carbocycles. The lowest BCUT2D eigenvalue weighted by atomic mass is 9.96. The standard InChI is InChI=1S/C22H33NO/c1-6-16-23(5)17-7-8-18-24-22-14-12-21(13-15-22)20(4)11-9-10-19(2)3/h6-8,10,12-15,20H,1,9,11,16-18H2,2-5H3/b8-7+. The van der Waals surface area contributed by atoms with Gasteiger partial charge in [0.1, 0.15) is 12.4 Å². The fraction of sp³-hybridized carbons (Fsp3) is 0.455. The quantitative estimate of drug-likeness (QED) is 0.491. The average molecular weight is 328 g/mol. The highest BCUT2D eigenvalue weighted by atomic mass is 16.5. The van der Waals surface area contributed by atoms with Gasteiger partial charge in [-0.1, -0.05) is 48.9 Å². The molecule has 0 radical (unpaired) electrons. The van der Waals surface area contributed by atoms with Crippen molar-refractivity contribution in [3.63, 3.8) is 0 Å². The van der Waals surface area contributed by atoms with Crippen molar-refractivity contribution in [1.29, 1.82) is 0 Å². The Hall–Kier alpha value is -1.80. The SMILES string of the molecule is C=CCN(C)C/C=C/COc1ccc(C(C)CCC=C(C)C)cc1. The molecule has 132 valence electrons. The summed E-state index contributed by atoms with van der Waals surface area (Å²) >= 11 is 0. The molecule has 0 fully saturated rings. The first-order chi connectivity index (χ1) is 11.5. The molecule has 0 amide bonds. The zero-order valence-corrected chi connectivity index (χ0v) is 15.8. The van der Waals surface area contributed by atoms with E-state index in [9.17, 15) is 0 Å². The van der Waals surface area contributed by atoms with E-state index < -0.39 is 0 Å². The summed E-state index contributed by atoms with van der Waals surface area (Å²) in [6.45, 7) is 12.8. The predicted octanol–water partition coefficient (Wildman–Crippen LogP) is 5.59. The highest BCUT2D eigenvalue weighted by Crippen LogP contribution is 2.23. The first-order valence-corrected chi connectivity index (χ1v) is 8.83. The van der Waals surface area contributed by atoms with Crippen molar-refractivity contribution in [2.75, 3.05) is 26.7 Å². The molecule has 1 atom stereocenters. The van der Waals surface area contributed by atoms with E-state index in [1.165, 1.54) is 17.6 Å². The van der Waals surface area contributed by atoms with Gasteiger partial charge in [0, 0.05) is 13.1 Å². The van der Waals surface area contributed by atoms with Gasteiger partial charge in [0.25, 0.3) is 0 Å². The third kappa shape index (κ3) is 8.73. The molecule has 0 spiro atoms. The van der Waals surface area contributed by atoms with Gasteiger partial charge >= 0.3 is 0 Å². The lowest BCUT2D eigenvalue weighted by molar-refractivity contribution is 0.360. The smallest absolute Gasteiger partial charge is 0.119 e. The Bertz CT molecular complexity index is 523. The number of hydrogen-bond acceptors (Lipinski definition) is 2. The van der Waals surface area contributed by atoms with E-state index in [-0.39, 0.29) is 0 Å². The minimum absolute atomic E-state index is 0.579. The van der Waals surface area contributed by atoms with Crippen LogP contribution in [0.1, 0.15) is 45.1 Å². The van der Waals surface area contributed by atoms with Crippen molar-refractivity contribution < 1.29 is 4.74 Å². The van der Waals surface area contributed by atoms with Gasteiger partial charge in [-0.3, -0.25) is 4.90 Å². The second kappa shape index (κ2) is 11.7. The van der Waals surface area contributed by atoms with Gasteiger partial charge in [-0.2, -0.15) is 0 Å². The van der Waals surface area contributed by atoms with E-state index in [4.69, 9.17) is 4.74 Å². The third-order valence-corrected chi connectivity index (χ3v) is 3.97. The highest BCUT2D eigenvalue weighted by Gasteiger charge is 2.04. The molecule has 0 heterocycles. The summed E-state index contributed by atoms with van der Waals surface area (Å²) in [5.74, 6) is 1.51. The van der Waals surface area contributed by atoms with Crippen LogP contribution in [0.4, 0.5) is 0 Å². The maximum absolute atomic E-state index is 5.76. The van der Waals surface area contributed by atoms with Crippen LogP contribution in [0.15, 0.2) is 60.7 Å². The van der Waals surface area contributed by atoms with Gasteiger partial charge in [0.2, 0.25) is 0 Å². The van der Waals surface area contributed by atoms with Crippen LogP contribution in [0.2, 0.25) is 0 Å². The molecular weight excluding hydrogens is 294 g/mol. The van der Waals surface area contributed by atoms with E-state index in [2.05, 4.69) is 81.8 Å². The molecule has 24 heavy (non-hydrogen) atoms. The van der Waals surface area contributed by atoms with Crippen LogP contribution in [0.5, 0.6) is 5.75 Å². The number of hydrogen-bond donors (Lipinski definition) is 0. The Morgan fingerprint density at radius 1 is 1.17 bits per heavy atom. The van der Waals surface area contributed by atoms with Crippen molar-refractivity contribution >= 4 is 0 Å². The number of allylic oxidation sites excluding steroid dienone is 2. The number of ether oxygens (including phenoxy) is 1. The maximum atomic E-state index is 5.76. The fourth-order valence-corrected chi connectivity index (χ4v) is 2.44. The van der Waals surface area contributed by atoms with Crippen LogP contribution in [-0.2, 0) is 0 Å². The van der Waals surface area contributed by atoms with Gasteiger partial charge in [0.15, 0.2) is 0 Å². The van der Waals surface area contributed by atoms with E-state index in [0.717, 1.165) is 25.3 Å². The lowest BCUT2D eigenvalue weighted by Gasteiger charge is -2.12. The Morgan fingerprint density at radius 3 is 2.50 bits per heavy atom. The molecule has 1 aromatic carbocycles. The number of nitrogens with zero attached hydrogens (tertiary/aromatic N) is 1. The first-order valence-electron chi connectivity index (χ1n) is 8.83. The second-order valence-electron chi connectivity index (χ2n) is 6.62. The summed E-state index contributed by atoms with van der Waals surface area (Å²) in [5.41, 5.74) is 2.78. The van der Waals surface area contributed by atoms with Gasteiger partial charge < -0.3 is 4.74 Å². The normalized spacial score (nSPS) is 12.4. The Labute approximate surface area is 148 Å². The molecule has 0 bridgehead atoms. The molecule has 2 heteroatoms. The van der Waals surface area contributed by atoms with E-state index >= 15 is 0 Å². The van der Waals surface area contributed by atoms with Crippen LogP contribution < -0.4 is 4.74 Å². The summed E-state index contributed by atoms with van der Waals surface area (Å²) in [4.78, 5) is 2.19. The molecule has 0 aliphatic heterocycles. The number of benzene rings is 1. The Balaban J connectivity index is 2.35. The summed E-state index contributed by atoms with van der Waals surface area (Å²) in [6.07, 6.45) is 10.7. The topological polar surface area (TPSA) is 12.5 Å². The minimum atomic E-state index is 0.579. The predicted molar refractivity (Wildman–Crippen MR) is 106 cm³/mol. The zero-order chi connectivity index (χ0) is 17.8. The highest BCUT2D eigenvalue weighted by molar-refractivity contribution is 5.29. The summed E-state index contributed by atoms with van der Waals surface area (Å²) < 4.78 is 5.76. The summed E-state index contributed by atoms with van der Waals surface area (Å²) in [7, 11) is 2.07. The van der Waals surface area contributed by atoms with Crippen LogP contribution in [0.25, 0.3) is 0 Å². The van der Waals surface area contributed by atoms with E-state index in [0.29, 0.717) is 12.5 Å². The van der Waals surface area contributed by atoms with Crippen molar-refractivity contribution in [3.05, 3.63) is 66.3 Å². The molecule has 1 aromatic rings. The van der Waals surface area contributed by atoms with Crippen molar-refractivity contribution in [3.8, 4) is 5.75 Å². The molecule has 1 unspecified atom stereocenters. The molecule has 0 saturated carbocycles. The molecule has 0 saturated heterocycles. The molecule has 2 nitrogen and oxygen atoms in total. The van der Waals surface area contributed by atoms with E-state index in [1.54, 1.807) is 0 Å². The van der Waals surface area contributed by atoms with Crippen molar-refractivity contribution in [2.24, 2.45) is 0 Å². The van der Waals surface area contributed by atoms with Crippen LogP contribution >= 0.6 is 0 Å². The van der Waals surface area contributed by atoms with Crippen molar-refractivity contribution in [2.45, 2.75) is 39.5 Å². The molecule has 0 N–H and O–H groups in total.